The topological polar surface area (TPSA) is 9.86 Å². The van der Waals surface area contributed by atoms with Crippen LogP contribution in [0.2, 0.25) is 0 Å². The molecule has 324 valence electrons. The molecule has 0 fully saturated rings. The number of rotatable bonds is 6. The molecule has 8 heteroatoms. The molecule has 0 unspecified atom stereocenters. The zero-order valence-electron chi connectivity index (χ0n) is 35.7. The van der Waals surface area contributed by atoms with Gasteiger partial charge in [-0.15, -0.1) is 0 Å². The van der Waals surface area contributed by atoms with E-state index in [0.717, 1.165) is 71.9 Å². The average molecular weight is 956 g/mol. The molecule has 0 atom stereocenters. The van der Waals surface area contributed by atoms with Gasteiger partial charge in [-0.25, -0.2) is 22.0 Å². The molecular formula is C60H33F5N2Se. The van der Waals surface area contributed by atoms with Crippen LogP contribution in [0.4, 0.5) is 22.0 Å². The fourth-order valence-corrected chi connectivity index (χ4v) is 12.7. The quantitative estimate of drug-likeness (QED) is 0.0680. The van der Waals surface area contributed by atoms with E-state index in [4.69, 9.17) is 0 Å². The Morgan fingerprint density at radius 1 is 0.294 bits per heavy atom. The minimum Gasteiger partial charge on any atom is -0.203 e. The van der Waals surface area contributed by atoms with Gasteiger partial charge in [0.25, 0.3) is 0 Å². The van der Waals surface area contributed by atoms with Crippen LogP contribution in [0.1, 0.15) is 0 Å². The summed E-state index contributed by atoms with van der Waals surface area (Å²) in [5, 5.41) is 6.10. The van der Waals surface area contributed by atoms with E-state index in [1.165, 1.54) is 36.9 Å². The van der Waals surface area contributed by atoms with Gasteiger partial charge in [0, 0.05) is 0 Å². The van der Waals surface area contributed by atoms with Crippen molar-refractivity contribution in [2.24, 2.45) is 0 Å². The standard InChI is InChI=1S/C60H33F5N2Se/c61-54-53(55(62)57(64)58(65)56(54)63)40-23-28-50-48(33-40)47-32-39(21-26-49(47)66(50)41-17-9-15-36(29-41)34-11-3-1-4-12-34)38-22-27-51-46(31-38)44-24-25-45-43-19-7-8-20-52(43)68-60(45)59(44)67(51)42-18-10-16-37(30-42)35-13-5-2-6-14-35/h1-33H. The summed E-state index contributed by atoms with van der Waals surface area (Å²) in [6.45, 7) is 0. The van der Waals surface area contributed by atoms with E-state index in [-0.39, 0.29) is 20.1 Å². The summed E-state index contributed by atoms with van der Waals surface area (Å²) >= 11 is 0.0768. The molecule has 0 amide bonds. The van der Waals surface area contributed by atoms with Crippen molar-refractivity contribution >= 4 is 77.4 Å². The van der Waals surface area contributed by atoms with Crippen LogP contribution >= 0.6 is 0 Å². The van der Waals surface area contributed by atoms with Gasteiger partial charge in [-0.05, 0) is 23.3 Å². The Morgan fingerprint density at radius 2 is 0.735 bits per heavy atom. The zero-order chi connectivity index (χ0) is 45.8. The molecule has 0 saturated carbocycles. The van der Waals surface area contributed by atoms with Crippen molar-refractivity contribution in [3.63, 3.8) is 0 Å². The zero-order valence-corrected chi connectivity index (χ0v) is 37.5. The van der Waals surface area contributed by atoms with Crippen LogP contribution in [0.5, 0.6) is 0 Å². The molecule has 0 aliphatic rings. The number of halogens is 5. The number of hydrogen-bond acceptors (Lipinski definition) is 0. The number of aromatic nitrogens is 2. The Morgan fingerprint density at radius 3 is 1.34 bits per heavy atom. The first-order valence-corrected chi connectivity index (χ1v) is 23.8. The van der Waals surface area contributed by atoms with Crippen molar-refractivity contribution in [1.82, 2.24) is 9.13 Å². The number of benzene rings is 10. The molecule has 0 bridgehead atoms. The SMILES string of the molecule is Fc1c(F)c(F)c(-c2ccc3c(c2)c2cc(-c4ccc5c(c4)c4ccc6c7ccccc7[se]c6c4n5-c4cccc(-c5ccccc5)c4)ccc2n3-c2cccc(-c3ccccc3)c2)c(F)c1F. The summed E-state index contributed by atoms with van der Waals surface area (Å²) in [6, 6.07) is 67.7. The summed E-state index contributed by atoms with van der Waals surface area (Å²) in [6.07, 6.45) is 0. The van der Waals surface area contributed by atoms with Crippen molar-refractivity contribution < 1.29 is 22.0 Å². The fourth-order valence-electron chi connectivity index (χ4n) is 10.1. The fraction of sp³-hybridized carbons (Fsp3) is 0. The van der Waals surface area contributed by atoms with Gasteiger partial charge in [-0.3, -0.25) is 0 Å². The Labute approximate surface area is 391 Å². The first-order valence-electron chi connectivity index (χ1n) is 22.1. The van der Waals surface area contributed by atoms with Gasteiger partial charge in [0.15, 0.2) is 23.3 Å². The van der Waals surface area contributed by atoms with Crippen molar-refractivity contribution in [3.8, 4) is 55.9 Å². The summed E-state index contributed by atoms with van der Waals surface area (Å²) in [4.78, 5) is 0. The average Bonchev–Trinajstić information content (AvgIpc) is 4.05. The number of nitrogens with zero attached hydrogens (tertiary/aromatic N) is 2. The predicted molar refractivity (Wildman–Crippen MR) is 269 cm³/mol. The second kappa shape index (κ2) is 15.5. The third-order valence-corrected chi connectivity index (χ3v) is 15.8. The smallest absolute Gasteiger partial charge is 0.203 e. The van der Waals surface area contributed by atoms with Crippen LogP contribution in [-0.2, 0) is 0 Å². The van der Waals surface area contributed by atoms with Gasteiger partial charge >= 0.3 is 265 Å². The molecule has 68 heavy (non-hydrogen) atoms. The molecule has 3 aromatic heterocycles. The van der Waals surface area contributed by atoms with Gasteiger partial charge in [-0.2, -0.15) is 0 Å². The summed E-state index contributed by atoms with van der Waals surface area (Å²) in [5.74, 6) is -9.93. The molecule has 3 heterocycles. The van der Waals surface area contributed by atoms with Crippen molar-refractivity contribution in [1.29, 1.82) is 0 Å². The minimum absolute atomic E-state index is 0.0768. The van der Waals surface area contributed by atoms with Crippen LogP contribution in [-0.4, -0.2) is 23.6 Å². The van der Waals surface area contributed by atoms with Crippen LogP contribution in [0.25, 0.3) is 119 Å². The predicted octanol–water partition coefficient (Wildman–Crippen LogP) is 16.6. The Balaban J connectivity index is 1.04. The van der Waals surface area contributed by atoms with Gasteiger partial charge in [-0.1, -0.05) is 48.5 Å². The van der Waals surface area contributed by atoms with Crippen LogP contribution in [0.3, 0.4) is 0 Å². The van der Waals surface area contributed by atoms with E-state index in [1.54, 1.807) is 6.07 Å². The first kappa shape index (κ1) is 40.3. The van der Waals surface area contributed by atoms with E-state index in [1.807, 2.05) is 60.7 Å². The van der Waals surface area contributed by atoms with E-state index < -0.39 is 34.6 Å². The number of fused-ring (bicyclic) bond motifs is 10. The third kappa shape index (κ3) is 6.15. The third-order valence-electron chi connectivity index (χ3n) is 13.3. The van der Waals surface area contributed by atoms with E-state index in [2.05, 4.69) is 130 Å². The summed E-state index contributed by atoms with van der Waals surface area (Å²) in [7, 11) is 0. The second-order valence-electron chi connectivity index (χ2n) is 17.1. The summed E-state index contributed by atoms with van der Waals surface area (Å²) in [5.41, 5.74) is 10.7. The van der Waals surface area contributed by atoms with Gasteiger partial charge < -0.3 is 0 Å². The van der Waals surface area contributed by atoms with Crippen molar-refractivity contribution in [3.05, 3.63) is 229 Å². The van der Waals surface area contributed by atoms with Crippen molar-refractivity contribution in [2.45, 2.75) is 0 Å². The Kier molecular flexibility index (Phi) is 9.19. The van der Waals surface area contributed by atoms with Gasteiger partial charge in [0.2, 0.25) is 5.82 Å². The number of hydrogen-bond donors (Lipinski definition) is 0. The molecule has 13 aromatic rings. The van der Waals surface area contributed by atoms with Crippen molar-refractivity contribution in [2.75, 3.05) is 0 Å². The summed E-state index contributed by atoms with van der Waals surface area (Å²) < 4.78 is 81.6. The first-order chi connectivity index (χ1) is 33.3. The van der Waals surface area contributed by atoms with E-state index >= 15 is 8.78 Å². The van der Waals surface area contributed by atoms with Gasteiger partial charge in [0.05, 0.1) is 5.56 Å². The van der Waals surface area contributed by atoms with E-state index in [0.29, 0.717) is 10.9 Å². The van der Waals surface area contributed by atoms with Crippen LogP contribution in [0.15, 0.2) is 200 Å². The maximum atomic E-state index is 15.4. The van der Waals surface area contributed by atoms with Crippen LogP contribution in [0, 0.1) is 29.1 Å². The van der Waals surface area contributed by atoms with Crippen LogP contribution < -0.4 is 0 Å². The second-order valence-corrected chi connectivity index (χ2v) is 19.3. The molecule has 2 nitrogen and oxygen atoms in total. The molecule has 0 saturated heterocycles. The molecule has 10 aromatic carbocycles. The normalized spacial score (nSPS) is 11.9. The Bertz CT molecular complexity index is 4180. The minimum atomic E-state index is -2.19. The molecule has 0 N–H and O–H groups in total. The Hall–Kier alpha value is -8.03. The van der Waals surface area contributed by atoms with E-state index in [9.17, 15) is 13.2 Å². The molecule has 0 aliphatic heterocycles. The molecule has 13 rings (SSSR count). The van der Waals surface area contributed by atoms with Gasteiger partial charge in [0.1, 0.15) is 0 Å². The molecule has 0 spiro atoms. The maximum absolute atomic E-state index is 15.4. The molecular weight excluding hydrogens is 923 g/mol. The monoisotopic (exact) mass is 956 g/mol. The molecule has 0 radical (unpaired) electrons. The molecule has 0 aliphatic carbocycles.